The molecule has 7 heteroatoms. The van der Waals surface area contributed by atoms with Crippen LogP contribution in [0.15, 0.2) is 60.9 Å². The first kappa shape index (κ1) is 16.4. The molecule has 0 fully saturated rings. The Morgan fingerprint density at radius 3 is 2.64 bits per heavy atom. The largest absolute Gasteiger partial charge is 0.457 e. The van der Waals surface area contributed by atoms with Gasteiger partial charge in [-0.05, 0) is 36.8 Å². The van der Waals surface area contributed by atoms with Crippen LogP contribution in [0.25, 0.3) is 5.69 Å². The quantitative estimate of drug-likeness (QED) is 0.404. The summed E-state index contributed by atoms with van der Waals surface area (Å²) >= 11 is 0. The number of nitro benzene ring substituents is 1. The molecule has 7 nitrogen and oxygen atoms in total. The van der Waals surface area contributed by atoms with Crippen LogP contribution in [-0.2, 0) is 11.3 Å². The van der Waals surface area contributed by atoms with E-state index in [0.29, 0.717) is 5.56 Å². The van der Waals surface area contributed by atoms with Gasteiger partial charge in [-0.25, -0.2) is 9.48 Å². The zero-order valence-electron chi connectivity index (χ0n) is 13.5. The summed E-state index contributed by atoms with van der Waals surface area (Å²) in [5, 5.41) is 15.1. The molecule has 2 aromatic carbocycles. The van der Waals surface area contributed by atoms with E-state index in [2.05, 4.69) is 5.10 Å². The second-order valence-corrected chi connectivity index (χ2v) is 5.45. The fraction of sp³-hybridized carbons (Fsp3) is 0.111. The van der Waals surface area contributed by atoms with Gasteiger partial charge < -0.3 is 4.74 Å². The molecule has 1 aromatic heterocycles. The van der Waals surface area contributed by atoms with Gasteiger partial charge in [0.25, 0.3) is 5.69 Å². The summed E-state index contributed by atoms with van der Waals surface area (Å²) in [6, 6.07) is 13.5. The molecule has 0 unspecified atom stereocenters. The number of nitrogens with zero attached hydrogens (tertiary/aromatic N) is 3. The van der Waals surface area contributed by atoms with Crippen molar-refractivity contribution < 1.29 is 14.5 Å². The maximum atomic E-state index is 12.1. The van der Waals surface area contributed by atoms with E-state index in [1.807, 2.05) is 36.5 Å². The van der Waals surface area contributed by atoms with Gasteiger partial charge in [-0.2, -0.15) is 5.10 Å². The minimum absolute atomic E-state index is 0.0832. The first-order valence-electron chi connectivity index (χ1n) is 7.56. The molecule has 0 atom stereocenters. The van der Waals surface area contributed by atoms with Crippen LogP contribution in [0.2, 0.25) is 0 Å². The number of aromatic nitrogens is 2. The van der Waals surface area contributed by atoms with Gasteiger partial charge in [0, 0.05) is 24.0 Å². The lowest BCUT2D eigenvalue weighted by molar-refractivity contribution is -0.385. The molecule has 3 rings (SSSR count). The molecule has 0 aliphatic rings. The summed E-state index contributed by atoms with van der Waals surface area (Å²) in [6.45, 7) is 1.70. The summed E-state index contributed by atoms with van der Waals surface area (Å²) in [5.74, 6) is -0.598. The molecule has 0 saturated carbocycles. The molecular formula is C18H15N3O4. The van der Waals surface area contributed by atoms with Crippen molar-refractivity contribution in [1.29, 1.82) is 0 Å². The smallest absolute Gasteiger partial charge is 0.338 e. The monoisotopic (exact) mass is 337 g/mol. The van der Waals surface area contributed by atoms with Crippen molar-refractivity contribution >= 4 is 11.7 Å². The van der Waals surface area contributed by atoms with E-state index in [1.165, 1.54) is 18.2 Å². The molecule has 25 heavy (non-hydrogen) atoms. The minimum atomic E-state index is -0.598. The Kier molecular flexibility index (Phi) is 4.56. The Morgan fingerprint density at radius 2 is 2.00 bits per heavy atom. The highest BCUT2D eigenvalue weighted by Gasteiger charge is 2.16. The van der Waals surface area contributed by atoms with Crippen molar-refractivity contribution in [3.8, 4) is 5.69 Å². The van der Waals surface area contributed by atoms with Crippen molar-refractivity contribution in [1.82, 2.24) is 9.78 Å². The zero-order valence-corrected chi connectivity index (χ0v) is 13.5. The van der Waals surface area contributed by atoms with Crippen molar-refractivity contribution in [3.05, 3.63) is 87.7 Å². The normalized spacial score (nSPS) is 10.4. The van der Waals surface area contributed by atoms with Crippen molar-refractivity contribution in [2.45, 2.75) is 13.5 Å². The van der Waals surface area contributed by atoms with Crippen LogP contribution in [-0.4, -0.2) is 20.7 Å². The van der Waals surface area contributed by atoms with Crippen LogP contribution in [0.5, 0.6) is 0 Å². The van der Waals surface area contributed by atoms with Crippen LogP contribution in [0.3, 0.4) is 0 Å². The van der Waals surface area contributed by atoms with Gasteiger partial charge in [-0.15, -0.1) is 0 Å². The number of hydrogen-bond donors (Lipinski definition) is 0. The predicted molar refractivity (Wildman–Crippen MR) is 90.5 cm³/mol. The minimum Gasteiger partial charge on any atom is -0.457 e. The lowest BCUT2D eigenvalue weighted by atomic mass is 10.1. The summed E-state index contributed by atoms with van der Waals surface area (Å²) in [6.07, 6.45) is 3.52. The van der Waals surface area contributed by atoms with E-state index in [4.69, 9.17) is 4.74 Å². The molecule has 0 N–H and O–H groups in total. The van der Waals surface area contributed by atoms with Crippen LogP contribution in [0.4, 0.5) is 5.69 Å². The number of carbonyl (C=O) groups is 1. The molecule has 0 saturated heterocycles. The lowest BCUT2D eigenvalue weighted by Gasteiger charge is -2.07. The van der Waals surface area contributed by atoms with E-state index < -0.39 is 10.9 Å². The molecular weight excluding hydrogens is 322 g/mol. The van der Waals surface area contributed by atoms with Gasteiger partial charge in [-0.3, -0.25) is 10.1 Å². The third kappa shape index (κ3) is 3.72. The number of rotatable bonds is 5. The highest BCUT2D eigenvalue weighted by atomic mass is 16.6. The van der Waals surface area contributed by atoms with Crippen LogP contribution >= 0.6 is 0 Å². The fourth-order valence-electron chi connectivity index (χ4n) is 2.33. The maximum absolute atomic E-state index is 12.1. The number of nitro groups is 1. The van der Waals surface area contributed by atoms with E-state index in [-0.39, 0.29) is 17.9 Å². The molecule has 3 aromatic rings. The van der Waals surface area contributed by atoms with Crippen LogP contribution in [0, 0.1) is 17.0 Å². The van der Waals surface area contributed by atoms with E-state index in [1.54, 1.807) is 17.8 Å². The summed E-state index contributed by atoms with van der Waals surface area (Å²) in [7, 11) is 0. The SMILES string of the molecule is Cc1ccc(C(=O)OCc2ccc(-n3cccn3)cc2)cc1[N+](=O)[O-]. The number of carbonyl (C=O) groups excluding carboxylic acids is 1. The van der Waals surface area contributed by atoms with Crippen molar-refractivity contribution in [3.63, 3.8) is 0 Å². The number of ether oxygens (including phenoxy) is 1. The number of aryl methyl sites for hydroxylation is 1. The summed E-state index contributed by atoms with van der Waals surface area (Å²) < 4.78 is 6.96. The highest BCUT2D eigenvalue weighted by Crippen LogP contribution is 2.20. The highest BCUT2D eigenvalue weighted by molar-refractivity contribution is 5.90. The zero-order chi connectivity index (χ0) is 17.8. The Bertz CT molecular complexity index is 903. The van der Waals surface area contributed by atoms with Gasteiger partial charge in [0.15, 0.2) is 0 Å². The number of hydrogen-bond acceptors (Lipinski definition) is 5. The number of esters is 1. The lowest BCUT2D eigenvalue weighted by Crippen LogP contribution is -2.06. The molecule has 1 heterocycles. The average molecular weight is 337 g/mol. The molecule has 0 aliphatic carbocycles. The summed E-state index contributed by atoms with van der Waals surface area (Å²) in [4.78, 5) is 22.5. The predicted octanol–water partition coefficient (Wildman–Crippen LogP) is 3.45. The first-order chi connectivity index (χ1) is 12.0. The Balaban J connectivity index is 1.66. The van der Waals surface area contributed by atoms with E-state index in [0.717, 1.165) is 11.3 Å². The Labute approximate surface area is 143 Å². The van der Waals surface area contributed by atoms with Crippen LogP contribution in [0.1, 0.15) is 21.5 Å². The third-order valence-corrected chi connectivity index (χ3v) is 3.72. The third-order valence-electron chi connectivity index (χ3n) is 3.72. The van der Waals surface area contributed by atoms with Gasteiger partial charge in [-0.1, -0.05) is 18.2 Å². The maximum Gasteiger partial charge on any atom is 0.338 e. The van der Waals surface area contributed by atoms with E-state index in [9.17, 15) is 14.9 Å². The molecule has 126 valence electrons. The van der Waals surface area contributed by atoms with E-state index >= 15 is 0 Å². The Morgan fingerprint density at radius 1 is 1.24 bits per heavy atom. The van der Waals surface area contributed by atoms with Gasteiger partial charge in [0.2, 0.25) is 0 Å². The molecule has 0 bridgehead atoms. The summed E-state index contributed by atoms with van der Waals surface area (Å²) in [5.41, 5.74) is 2.26. The fourth-order valence-corrected chi connectivity index (χ4v) is 2.33. The van der Waals surface area contributed by atoms with Crippen molar-refractivity contribution in [2.24, 2.45) is 0 Å². The molecule has 0 amide bonds. The van der Waals surface area contributed by atoms with Gasteiger partial charge in [0.1, 0.15) is 6.61 Å². The number of benzene rings is 2. The van der Waals surface area contributed by atoms with Crippen molar-refractivity contribution in [2.75, 3.05) is 0 Å². The first-order valence-corrected chi connectivity index (χ1v) is 7.56. The Hall–Kier alpha value is -3.48. The topological polar surface area (TPSA) is 87.3 Å². The second-order valence-electron chi connectivity index (χ2n) is 5.45. The van der Waals surface area contributed by atoms with Gasteiger partial charge in [0.05, 0.1) is 16.2 Å². The second kappa shape index (κ2) is 6.96. The van der Waals surface area contributed by atoms with Crippen LogP contribution < -0.4 is 0 Å². The molecule has 0 radical (unpaired) electrons. The average Bonchev–Trinajstić information content (AvgIpc) is 3.15. The molecule has 0 aliphatic heterocycles. The standard InChI is InChI=1S/C18H15N3O4/c1-13-3-6-15(11-17(13)21(23)24)18(22)25-12-14-4-7-16(8-5-14)20-10-2-9-19-20/h2-11H,12H2,1H3. The molecule has 0 spiro atoms. The van der Waals surface area contributed by atoms with Gasteiger partial charge >= 0.3 is 5.97 Å².